The van der Waals surface area contributed by atoms with Gasteiger partial charge in [0.05, 0.1) is 11.3 Å². The molecule has 0 saturated heterocycles. The van der Waals surface area contributed by atoms with Crippen LogP contribution in [0.5, 0.6) is 0 Å². The fraction of sp³-hybridized carbons (Fsp3) is 0.207. The van der Waals surface area contributed by atoms with Crippen LogP contribution in [0, 0.1) is 0 Å². The molecule has 0 radical (unpaired) electrons. The summed E-state index contributed by atoms with van der Waals surface area (Å²) in [5, 5.41) is 20.0. The quantitative estimate of drug-likeness (QED) is 0.446. The first-order valence-electron chi connectivity index (χ1n) is 11.7. The Bertz CT molecular complexity index is 1300. The highest BCUT2D eigenvalue weighted by Crippen LogP contribution is 2.44. The van der Waals surface area contributed by atoms with E-state index in [4.69, 9.17) is 0 Å². The lowest BCUT2D eigenvalue weighted by molar-refractivity contribution is 0.103. The SMILES string of the molecule is CCN(CC)c1ccc([C@H]2N=NC(C3=C(O)c4ccccc4C3=O)=C[C@@H]2c2ccccc2)cc1. The summed E-state index contributed by atoms with van der Waals surface area (Å²) in [5.41, 5.74) is 5.01. The molecule has 5 heteroatoms. The van der Waals surface area contributed by atoms with E-state index in [1.165, 1.54) is 5.69 Å². The molecule has 5 rings (SSSR count). The van der Waals surface area contributed by atoms with Crippen LogP contribution in [0.2, 0.25) is 0 Å². The maximum absolute atomic E-state index is 13.1. The van der Waals surface area contributed by atoms with Crippen molar-refractivity contribution < 1.29 is 9.90 Å². The maximum atomic E-state index is 13.1. The number of nitrogens with zero attached hydrogens (tertiary/aromatic N) is 3. The molecule has 1 aliphatic carbocycles. The number of ketones is 1. The zero-order valence-electron chi connectivity index (χ0n) is 19.3. The third-order valence-electron chi connectivity index (χ3n) is 6.66. The zero-order valence-corrected chi connectivity index (χ0v) is 19.3. The van der Waals surface area contributed by atoms with Crippen LogP contribution in [-0.4, -0.2) is 24.0 Å². The molecule has 5 nitrogen and oxygen atoms in total. The number of allylic oxidation sites excluding steroid dienone is 1. The molecule has 0 unspecified atom stereocenters. The monoisotopic (exact) mass is 449 g/mol. The third-order valence-corrected chi connectivity index (χ3v) is 6.66. The second kappa shape index (κ2) is 9.10. The number of benzene rings is 3. The second-order valence-electron chi connectivity index (χ2n) is 8.51. The van der Waals surface area contributed by atoms with Gasteiger partial charge in [-0.15, -0.1) is 0 Å². The summed E-state index contributed by atoms with van der Waals surface area (Å²) in [5.74, 6) is -0.364. The molecule has 1 N–H and O–H groups in total. The van der Waals surface area contributed by atoms with Crippen LogP contribution >= 0.6 is 0 Å². The van der Waals surface area contributed by atoms with Crippen LogP contribution in [0.1, 0.15) is 52.9 Å². The molecule has 0 spiro atoms. The standard InChI is InChI=1S/C29H27N3O2/c1-3-32(4-2)21-16-14-20(15-17-21)27-24(19-10-6-5-7-11-19)18-25(30-31-27)26-28(33)22-12-8-9-13-23(22)29(26)34/h5-18,24,27,33H,3-4H2,1-2H3/t24-,27-/m1/s1. The second-order valence-corrected chi connectivity index (χ2v) is 8.51. The summed E-state index contributed by atoms with van der Waals surface area (Å²) in [6, 6.07) is 25.5. The Hall–Kier alpha value is -3.99. The zero-order chi connectivity index (χ0) is 23.7. The third kappa shape index (κ3) is 3.73. The van der Waals surface area contributed by atoms with Gasteiger partial charge in [-0.25, -0.2) is 0 Å². The first-order chi connectivity index (χ1) is 16.6. The molecule has 0 bridgehead atoms. The Morgan fingerprint density at radius 2 is 1.47 bits per heavy atom. The van der Waals surface area contributed by atoms with Gasteiger partial charge in [-0.1, -0.05) is 66.7 Å². The van der Waals surface area contributed by atoms with Crippen LogP contribution in [0.15, 0.2) is 106 Å². The highest BCUT2D eigenvalue weighted by molar-refractivity contribution is 6.22. The molecule has 0 fully saturated rings. The van der Waals surface area contributed by atoms with Crippen molar-refractivity contribution in [2.45, 2.75) is 25.8 Å². The molecule has 1 heterocycles. The predicted molar refractivity (Wildman–Crippen MR) is 135 cm³/mol. The van der Waals surface area contributed by atoms with Crippen LogP contribution in [0.3, 0.4) is 0 Å². The van der Waals surface area contributed by atoms with Crippen molar-refractivity contribution in [3.8, 4) is 0 Å². The lowest BCUT2D eigenvalue weighted by atomic mass is 9.85. The number of aliphatic hydroxyl groups excluding tert-OH is 1. The van der Waals surface area contributed by atoms with Gasteiger partial charge in [0, 0.05) is 35.8 Å². The average molecular weight is 450 g/mol. The van der Waals surface area contributed by atoms with Crippen molar-refractivity contribution in [2.75, 3.05) is 18.0 Å². The number of aliphatic hydroxyl groups is 1. The van der Waals surface area contributed by atoms with Gasteiger partial charge in [-0.05, 0) is 43.2 Å². The smallest absolute Gasteiger partial charge is 0.199 e. The first-order valence-corrected chi connectivity index (χ1v) is 11.7. The molecule has 2 atom stereocenters. The van der Waals surface area contributed by atoms with Gasteiger partial charge < -0.3 is 10.0 Å². The average Bonchev–Trinajstić information content (AvgIpc) is 3.15. The van der Waals surface area contributed by atoms with E-state index >= 15 is 0 Å². The van der Waals surface area contributed by atoms with Crippen molar-refractivity contribution in [1.82, 2.24) is 0 Å². The lowest BCUT2D eigenvalue weighted by Crippen LogP contribution is -2.21. The van der Waals surface area contributed by atoms with E-state index in [9.17, 15) is 9.90 Å². The van der Waals surface area contributed by atoms with Crippen LogP contribution in [-0.2, 0) is 0 Å². The molecule has 0 amide bonds. The minimum Gasteiger partial charge on any atom is -0.506 e. The van der Waals surface area contributed by atoms with Crippen LogP contribution < -0.4 is 4.90 Å². The van der Waals surface area contributed by atoms with Gasteiger partial charge in [-0.3, -0.25) is 4.79 Å². The Morgan fingerprint density at radius 1 is 0.824 bits per heavy atom. The summed E-state index contributed by atoms with van der Waals surface area (Å²) in [4.78, 5) is 15.4. The molecule has 0 saturated carbocycles. The Balaban J connectivity index is 1.54. The fourth-order valence-corrected chi connectivity index (χ4v) is 4.83. The molecule has 3 aromatic carbocycles. The first kappa shape index (κ1) is 21.8. The number of anilines is 1. The number of fused-ring (bicyclic) bond motifs is 1. The minimum absolute atomic E-state index is 0.0281. The number of carbonyl (C=O) groups is 1. The topological polar surface area (TPSA) is 65.3 Å². The van der Waals surface area contributed by atoms with Crippen molar-refractivity contribution in [3.63, 3.8) is 0 Å². The highest BCUT2D eigenvalue weighted by Gasteiger charge is 2.35. The van der Waals surface area contributed by atoms with E-state index in [0.717, 1.165) is 24.2 Å². The Morgan fingerprint density at radius 3 is 2.12 bits per heavy atom. The summed E-state index contributed by atoms with van der Waals surface area (Å²) in [6.07, 6.45) is 1.97. The van der Waals surface area contributed by atoms with Crippen molar-refractivity contribution in [1.29, 1.82) is 0 Å². The molecule has 34 heavy (non-hydrogen) atoms. The van der Waals surface area contributed by atoms with Gasteiger partial charge in [0.1, 0.15) is 11.8 Å². The summed E-state index contributed by atoms with van der Waals surface area (Å²) < 4.78 is 0. The lowest BCUT2D eigenvalue weighted by Gasteiger charge is -2.26. The Labute approximate surface area is 199 Å². The van der Waals surface area contributed by atoms with Crippen LogP contribution in [0.4, 0.5) is 5.69 Å². The molecule has 170 valence electrons. The minimum atomic E-state index is -0.224. The predicted octanol–water partition coefficient (Wildman–Crippen LogP) is 6.87. The Kier molecular flexibility index (Phi) is 5.84. The van der Waals surface area contributed by atoms with Gasteiger partial charge >= 0.3 is 0 Å². The number of hydrogen-bond donors (Lipinski definition) is 1. The maximum Gasteiger partial charge on any atom is 0.199 e. The van der Waals surface area contributed by atoms with Crippen molar-refractivity contribution in [2.24, 2.45) is 10.2 Å². The summed E-state index contributed by atoms with van der Waals surface area (Å²) in [6.45, 7) is 6.20. The molecular weight excluding hydrogens is 422 g/mol. The molecule has 1 aliphatic heterocycles. The van der Waals surface area contributed by atoms with E-state index < -0.39 is 0 Å². The van der Waals surface area contributed by atoms with Gasteiger partial charge in [0.15, 0.2) is 5.78 Å². The highest BCUT2D eigenvalue weighted by atomic mass is 16.3. The largest absolute Gasteiger partial charge is 0.506 e. The van der Waals surface area contributed by atoms with Gasteiger partial charge in [0.2, 0.25) is 0 Å². The van der Waals surface area contributed by atoms with Crippen molar-refractivity contribution >= 4 is 17.2 Å². The fourth-order valence-electron chi connectivity index (χ4n) is 4.83. The van der Waals surface area contributed by atoms with Crippen LogP contribution in [0.25, 0.3) is 5.76 Å². The molecule has 2 aliphatic rings. The van der Waals surface area contributed by atoms with E-state index in [1.54, 1.807) is 18.2 Å². The van der Waals surface area contributed by atoms with Gasteiger partial charge in [-0.2, -0.15) is 10.2 Å². The van der Waals surface area contributed by atoms with Crippen molar-refractivity contribution in [3.05, 3.63) is 118 Å². The van der Waals surface area contributed by atoms with E-state index in [1.807, 2.05) is 30.3 Å². The number of hydrogen-bond acceptors (Lipinski definition) is 5. The molecular formula is C29H27N3O2. The van der Waals surface area contributed by atoms with Gasteiger partial charge in [0.25, 0.3) is 0 Å². The molecule has 3 aromatic rings. The number of azo groups is 1. The van der Waals surface area contributed by atoms with E-state index in [2.05, 4.69) is 65.4 Å². The normalized spacial score (nSPS) is 19.2. The number of carbonyl (C=O) groups excluding carboxylic acids is 1. The summed E-state index contributed by atoms with van der Waals surface area (Å²) in [7, 11) is 0. The number of Topliss-reactive ketones (excluding diaryl/α,β-unsaturated/α-hetero) is 1. The summed E-state index contributed by atoms with van der Waals surface area (Å²) >= 11 is 0. The molecule has 0 aromatic heterocycles. The number of rotatable bonds is 6. The van der Waals surface area contributed by atoms with E-state index in [0.29, 0.717) is 16.8 Å². The van der Waals surface area contributed by atoms with E-state index in [-0.39, 0.29) is 29.1 Å².